The molecule has 0 amide bonds. The van der Waals surface area contributed by atoms with Crippen LogP contribution in [0.5, 0.6) is 0 Å². The van der Waals surface area contributed by atoms with Gasteiger partial charge in [-0.3, -0.25) is 77.7 Å². The minimum atomic E-state index is -1.20. The Hall–Kier alpha value is -4.19. The average Bonchev–Trinajstić information content (AvgIpc) is 3.16. The van der Waals surface area contributed by atoms with E-state index in [0.29, 0.717) is 52.4 Å². The SMILES string of the molecule is O=C(O)CN1CCNCCN(CC(O)CN(CCN(CC(=O)O)CC(O)CN2CCN(CC(=O)O)CCN(CC(=O)O)CCN(CC(=O)O)CC2)CC(=O)O)CCN(CC(=O)O)CC1. The topological polar surface area (TPSA) is 343 Å². The molecular formula is C38H70N10O16. The summed E-state index contributed by atoms with van der Waals surface area (Å²) in [6, 6.07) is 0. The van der Waals surface area contributed by atoms with E-state index in [1.54, 1.807) is 24.5 Å². The molecule has 26 heteroatoms. The highest BCUT2D eigenvalue weighted by molar-refractivity contribution is 5.71. The van der Waals surface area contributed by atoms with Crippen molar-refractivity contribution in [2.45, 2.75) is 12.2 Å². The maximum Gasteiger partial charge on any atom is 0.317 e. The number of carboxylic acid groups (broad SMARTS) is 7. The quantitative estimate of drug-likeness (QED) is 0.0407. The highest BCUT2D eigenvalue weighted by Crippen LogP contribution is 2.06. The predicted octanol–water partition coefficient (Wildman–Crippen LogP) is -6.36. The first-order chi connectivity index (χ1) is 30.3. The van der Waals surface area contributed by atoms with Gasteiger partial charge < -0.3 is 51.3 Å². The van der Waals surface area contributed by atoms with Gasteiger partial charge in [-0.1, -0.05) is 0 Å². The van der Waals surface area contributed by atoms with Gasteiger partial charge in [0.25, 0.3) is 0 Å². The monoisotopic (exact) mass is 922 g/mol. The van der Waals surface area contributed by atoms with Gasteiger partial charge in [0.05, 0.1) is 58.0 Å². The molecule has 2 rings (SSSR count). The fraction of sp³-hybridized carbons (Fsp3) is 0.816. The van der Waals surface area contributed by atoms with Crippen LogP contribution in [0.25, 0.3) is 0 Å². The third-order valence-corrected chi connectivity index (χ3v) is 10.7. The lowest BCUT2D eigenvalue weighted by Gasteiger charge is -2.34. The lowest BCUT2D eigenvalue weighted by atomic mass is 10.2. The Kier molecular flexibility index (Phi) is 27.0. The Morgan fingerprint density at radius 3 is 0.875 bits per heavy atom. The van der Waals surface area contributed by atoms with Crippen LogP contribution >= 0.6 is 0 Å². The average molecular weight is 923 g/mol. The molecule has 0 aromatic carbocycles. The Labute approximate surface area is 372 Å². The van der Waals surface area contributed by atoms with Gasteiger partial charge >= 0.3 is 41.8 Å². The number of nitrogens with one attached hydrogen (secondary N) is 1. The normalized spacial score (nSPS) is 19.8. The van der Waals surface area contributed by atoms with Gasteiger partial charge in [-0.15, -0.1) is 0 Å². The molecule has 0 aromatic rings. The van der Waals surface area contributed by atoms with Crippen molar-refractivity contribution < 1.29 is 79.5 Å². The van der Waals surface area contributed by atoms with Crippen molar-refractivity contribution in [3.63, 3.8) is 0 Å². The zero-order valence-electron chi connectivity index (χ0n) is 36.6. The maximum atomic E-state index is 11.9. The zero-order valence-corrected chi connectivity index (χ0v) is 36.6. The van der Waals surface area contributed by atoms with E-state index < -0.39 is 67.1 Å². The second kappa shape index (κ2) is 30.9. The van der Waals surface area contributed by atoms with Gasteiger partial charge in [0.15, 0.2) is 0 Å². The molecule has 2 fully saturated rings. The molecule has 0 aliphatic carbocycles. The van der Waals surface area contributed by atoms with Gasteiger partial charge in [0.1, 0.15) is 0 Å². The number of hydrogen-bond acceptors (Lipinski definition) is 19. The highest BCUT2D eigenvalue weighted by atomic mass is 16.4. The molecule has 0 bridgehead atoms. The van der Waals surface area contributed by atoms with Crippen LogP contribution in [-0.2, 0) is 33.6 Å². The molecule has 368 valence electrons. The van der Waals surface area contributed by atoms with Gasteiger partial charge in [-0.05, 0) is 0 Å². The molecule has 2 unspecified atom stereocenters. The van der Waals surface area contributed by atoms with Crippen molar-refractivity contribution in [1.29, 1.82) is 0 Å². The van der Waals surface area contributed by atoms with Gasteiger partial charge in [-0.25, -0.2) is 0 Å². The van der Waals surface area contributed by atoms with Crippen molar-refractivity contribution in [2.24, 2.45) is 0 Å². The van der Waals surface area contributed by atoms with Crippen LogP contribution in [-0.4, -0.2) is 334 Å². The maximum absolute atomic E-state index is 11.9. The first-order valence-corrected chi connectivity index (χ1v) is 21.4. The van der Waals surface area contributed by atoms with Crippen LogP contribution in [0, 0.1) is 0 Å². The van der Waals surface area contributed by atoms with E-state index in [0.717, 1.165) is 0 Å². The third kappa shape index (κ3) is 27.2. The zero-order chi connectivity index (χ0) is 47.6. The van der Waals surface area contributed by atoms with E-state index in [-0.39, 0.29) is 124 Å². The summed E-state index contributed by atoms with van der Waals surface area (Å²) in [7, 11) is 0. The smallest absolute Gasteiger partial charge is 0.317 e. The number of rotatable bonds is 25. The number of carbonyl (C=O) groups is 7. The molecule has 0 spiro atoms. The largest absolute Gasteiger partial charge is 0.480 e. The number of aliphatic hydroxyl groups is 2. The lowest BCUT2D eigenvalue weighted by Crippen LogP contribution is -2.51. The number of hydrogen-bond donors (Lipinski definition) is 10. The van der Waals surface area contributed by atoms with E-state index in [9.17, 15) is 79.5 Å². The van der Waals surface area contributed by atoms with Gasteiger partial charge in [0, 0.05) is 144 Å². The molecule has 0 radical (unpaired) electrons. The molecule has 64 heavy (non-hydrogen) atoms. The van der Waals surface area contributed by atoms with Crippen molar-refractivity contribution in [3.05, 3.63) is 0 Å². The molecule has 0 saturated carbocycles. The minimum absolute atomic E-state index is 0.00105. The molecular weight excluding hydrogens is 852 g/mol. The Balaban J connectivity index is 2.13. The van der Waals surface area contributed by atoms with Crippen molar-refractivity contribution in [2.75, 3.05) is 190 Å². The summed E-state index contributed by atoms with van der Waals surface area (Å²) in [6.07, 6.45) is -2.22. The molecule has 2 saturated heterocycles. The fourth-order valence-corrected chi connectivity index (χ4v) is 7.63. The van der Waals surface area contributed by atoms with Gasteiger partial charge in [-0.2, -0.15) is 0 Å². The fourth-order valence-electron chi connectivity index (χ4n) is 7.63. The lowest BCUT2D eigenvalue weighted by molar-refractivity contribution is -0.140. The molecule has 2 heterocycles. The Morgan fingerprint density at radius 1 is 0.375 bits per heavy atom. The van der Waals surface area contributed by atoms with E-state index in [1.807, 2.05) is 9.80 Å². The second-order valence-electron chi connectivity index (χ2n) is 16.3. The van der Waals surface area contributed by atoms with Crippen LogP contribution in [0.2, 0.25) is 0 Å². The standard InChI is InChI=1S/C38H70N10O16/c49-30(19-40-3-1-39-2-4-41(23-32(51)52)6-10-43(9-5-40)24-33(53)54)21-47(28-37(61)62)17-18-48(29-38(63)64)22-31(50)20-42-7-11-44(25-34(55)56)13-15-46(27-36(59)60)16-14-45(12-8-42)26-35(57)58/h30-31,39,49-50H,1-29H2,(H,51,52)(H,53,54)(H,55,56)(H,57,58)(H,59,60)(H,61,62)(H,63,64). The van der Waals surface area contributed by atoms with E-state index in [1.165, 1.54) is 9.80 Å². The number of β-amino-alcohol motifs (C(OH)–C–C–N with tert-alkyl or cyclic N) is 2. The first kappa shape index (κ1) is 55.9. The first-order valence-electron chi connectivity index (χ1n) is 21.4. The van der Waals surface area contributed by atoms with Gasteiger partial charge in [0.2, 0.25) is 0 Å². The van der Waals surface area contributed by atoms with Crippen molar-refractivity contribution in [3.8, 4) is 0 Å². The van der Waals surface area contributed by atoms with Crippen LogP contribution < -0.4 is 5.32 Å². The second-order valence-corrected chi connectivity index (χ2v) is 16.3. The number of aliphatic hydroxyl groups excluding tert-OH is 2. The number of nitrogens with zero attached hydrogens (tertiary/aromatic N) is 9. The van der Waals surface area contributed by atoms with Crippen molar-refractivity contribution in [1.82, 2.24) is 49.4 Å². The predicted molar refractivity (Wildman–Crippen MR) is 226 cm³/mol. The van der Waals surface area contributed by atoms with E-state index >= 15 is 0 Å². The molecule has 2 aliphatic heterocycles. The summed E-state index contributed by atoms with van der Waals surface area (Å²) in [6.45, 7) is 2.28. The Morgan fingerprint density at radius 2 is 0.609 bits per heavy atom. The van der Waals surface area contributed by atoms with E-state index in [2.05, 4.69) is 5.32 Å². The highest BCUT2D eigenvalue weighted by Gasteiger charge is 2.25. The van der Waals surface area contributed by atoms with Crippen LogP contribution in [0.3, 0.4) is 0 Å². The summed E-state index contributed by atoms with van der Waals surface area (Å²) in [5.74, 6) is -7.68. The minimum Gasteiger partial charge on any atom is -0.480 e. The summed E-state index contributed by atoms with van der Waals surface area (Å²) in [5.41, 5.74) is 0. The van der Waals surface area contributed by atoms with Crippen LogP contribution in [0.4, 0.5) is 0 Å². The summed E-state index contributed by atoms with van der Waals surface area (Å²) >= 11 is 0. The van der Waals surface area contributed by atoms with Crippen molar-refractivity contribution >= 4 is 41.8 Å². The van der Waals surface area contributed by atoms with Crippen LogP contribution in [0.15, 0.2) is 0 Å². The van der Waals surface area contributed by atoms with E-state index in [4.69, 9.17) is 0 Å². The molecule has 26 nitrogen and oxygen atoms in total. The summed E-state index contributed by atoms with van der Waals surface area (Å²) < 4.78 is 0. The molecule has 10 N–H and O–H groups in total. The molecule has 0 aromatic heterocycles. The Bertz CT molecular complexity index is 1440. The summed E-state index contributed by atoms with van der Waals surface area (Å²) in [4.78, 5) is 96.5. The van der Waals surface area contributed by atoms with Crippen LogP contribution in [0.1, 0.15) is 0 Å². The third-order valence-electron chi connectivity index (χ3n) is 10.7. The number of carboxylic acids is 7. The molecule has 2 atom stereocenters. The summed E-state index contributed by atoms with van der Waals surface area (Å²) in [5, 5.41) is 92.4. The molecule has 2 aliphatic rings. The number of aliphatic carboxylic acids is 7.